The molecule has 5 rings (SSSR count). The summed E-state index contributed by atoms with van der Waals surface area (Å²) in [6, 6.07) is 17.8. The van der Waals surface area contributed by atoms with Crippen LogP contribution in [0.25, 0.3) is 28.2 Å². The van der Waals surface area contributed by atoms with Gasteiger partial charge in [0.05, 0.1) is 17.6 Å². The normalized spacial score (nSPS) is 14.1. The Morgan fingerprint density at radius 1 is 1.10 bits per heavy atom. The molecular formula is C25H24N4O2. The number of benzene rings is 2. The Morgan fingerprint density at radius 3 is 2.71 bits per heavy atom. The maximum Gasteiger partial charge on any atom is 0.251 e. The molecule has 0 unspecified atom stereocenters. The van der Waals surface area contributed by atoms with Crippen molar-refractivity contribution in [2.45, 2.75) is 38.6 Å². The number of aromatic nitrogens is 3. The van der Waals surface area contributed by atoms with Gasteiger partial charge < -0.3 is 14.4 Å². The van der Waals surface area contributed by atoms with Gasteiger partial charge in [0.15, 0.2) is 0 Å². The van der Waals surface area contributed by atoms with Gasteiger partial charge in [-0.2, -0.15) is 0 Å². The summed E-state index contributed by atoms with van der Waals surface area (Å²) in [7, 11) is 0. The highest BCUT2D eigenvalue weighted by molar-refractivity contribution is 5.95. The summed E-state index contributed by atoms with van der Waals surface area (Å²) in [6.07, 6.45) is 8.22. The van der Waals surface area contributed by atoms with Crippen LogP contribution < -0.4 is 5.32 Å². The van der Waals surface area contributed by atoms with Crippen molar-refractivity contribution in [2.24, 2.45) is 0 Å². The van der Waals surface area contributed by atoms with E-state index in [1.807, 2.05) is 72.3 Å². The minimum absolute atomic E-state index is 0.0182. The molecule has 156 valence electrons. The zero-order valence-electron chi connectivity index (χ0n) is 17.4. The number of amides is 1. The number of carbonyl (C=O) groups is 1. The summed E-state index contributed by atoms with van der Waals surface area (Å²) in [5, 5.41) is 7.40. The Labute approximate surface area is 180 Å². The topological polar surface area (TPSA) is 73.0 Å². The molecule has 31 heavy (non-hydrogen) atoms. The lowest BCUT2D eigenvalue weighted by Crippen LogP contribution is -2.32. The number of rotatable bonds is 5. The molecule has 0 radical (unpaired) electrons. The fourth-order valence-corrected chi connectivity index (χ4v) is 4.21. The number of aryl methyl sites for hydroxylation is 1. The Balaban J connectivity index is 1.43. The quantitative estimate of drug-likeness (QED) is 0.490. The molecule has 1 aliphatic carbocycles. The van der Waals surface area contributed by atoms with Crippen LogP contribution in [0, 0.1) is 6.92 Å². The first-order valence-corrected chi connectivity index (χ1v) is 10.7. The molecule has 1 aliphatic rings. The van der Waals surface area contributed by atoms with Gasteiger partial charge in [-0.1, -0.05) is 54.4 Å². The smallest absolute Gasteiger partial charge is 0.251 e. The zero-order valence-corrected chi connectivity index (χ0v) is 17.4. The lowest BCUT2D eigenvalue weighted by molar-refractivity contribution is 0.0938. The minimum Gasteiger partial charge on any atom is -0.360 e. The second-order valence-electron chi connectivity index (χ2n) is 8.00. The van der Waals surface area contributed by atoms with E-state index >= 15 is 0 Å². The first-order chi connectivity index (χ1) is 15.2. The van der Waals surface area contributed by atoms with Crippen LogP contribution in [-0.2, 0) is 0 Å². The third kappa shape index (κ3) is 3.89. The molecule has 0 aliphatic heterocycles. The van der Waals surface area contributed by atoms with Gasteiger partial charge in [-0.25, -0.2) is 4.98 Å². The summed E-state index contributed by atoms with van der Waals surface area (Å²) < 4.78 is 7.40. The molecule has 0 saturated heterocycles. The lowest BCUT2D eigenvalue weighted by atomic mass is 10.0. The molecule has 1 N–H and O–H groups in total. The van der Waals surface area contributed by atoms with Crippen molar-refractivity contribution in [3.63, 3.8) is 0 Å². The largest absolute Gasteiger partial charge is 0.360 e. The van der Waals surface area contributed by atoms with Gasteiger partial charge >= 0.3 is 0 Å². The zero-order chi connectivity index (χ0) is 21.2. The molecule has 0 atom stereocenters. The van der Waals surface area contributed by atoms with Crippen molar-refractivity contribution in [1.29, 1.82) is 0 Å². The molecule has 1 fully saturated rings. The van der Waals surface area contributed by atoms with E-state index in [-0.39, 0.29) is 5.91 Å². The van der Waals surface area contributed by atoms with Gasteiger partial charge in [0.1, 0.15) is 11.5 Å². The maximum atomic E-state index is 12.7. The second-order valence-corrected chi connectivity index (χ2v) is 8.00. The van der Waals surface area contributed by atoms with Crippen LogP contribution in [0.1, 0.15) is 41.8 Å². The fourth-order valence-electron chi connectivity index (χ4n) is 4.21. The second kappa shape index (κ2) is 8.22. The van der Waals surface area contributed by atoms with Crippen LogP contribution >= 0.6 is 0 Å². The van der Waals surface area contributed by atoms with Crippen LogP contribution in [0.4, 0.5) is 0 Å². The summed E-state index contributed by atoms with van der Waals surface area (Å²) in [4.78, 5) is 17.3. The highest BCUT2D eigenvalue weighted by Crippen LogP contribution is 2.33. The summed E-state index contributed by atoms with van der Waals surface area (Å²) in [5.74, 6) is 0.698. The van der Waals surface area contributed by atoms with E-state index in [0.717, 1.165) is 41.0 Å². The number of hydrogen-bond donors (Lipinski definition) is 1. The van der Waals surface area contributed by atoms with Crippen molar-refractivity contribution in [3.8, 4) is 28.2 Å². The monoisotopic (exact) mass is 412 g/mol. The van der Waals surface area contributed by atoms with Crippen LogP contribution in [0.2, 0.25) is 0 Å². The van der Waals surface area contributed by atoms with Crippen molar-refractivity contribution in [2.75, 3.05) is 0 Å². The molecule has 2 aromatic carbocycles. The van der Waals surface area contributed by atoms with Crippen LogP contribution in [-0.4, -0.2) is 26.7 Å². The third-order valence-corrected chi connectivity index (χ3v) is 5.85. The number of nitrogens with zero attached hydrogens (tertiary/aromatic N) is 3. The Morgan fingerprint density at radius 2 is 1.90 bits per heavy atom. The SMILES string of the molecule is Cc1onc(-c2ccccc2)c1-c1cn(-c2cccc(C(=O)NC3CCCC3)c2)cn1. The van der Waals surface area contributed by atoms with E-state index in [0.29, 0.717) is 17.4 Å². The Bertz CT molecular complexity index is 1200. The van der Waals surface area contributed by atoms with E-state index in [1.165, 1.54) is 12.8 Å². The Kier molecular flexibility index (Phi) is 5.12. The van der Waals surface area contributed by atoms with Crippen molar-refractivity contribution in [1.82, 2.24) is 20.0 Å². The van der Waals surface area contributed by atoms with Crippen LogP contribution in [0.15, 0.2) is 71.6 Å². The predicted molar refractivity (Wildman–Crippen MR) is 119 cm³/mol. The van der Waals surface area contributed by atoms with Crippen LogP contribution in [0.5, 0.6) is 0 Å². The molecule has 2 heterocycles. The highest BCUT2D eigenvalue weighted by atomic mass is 16.5. The van der Waals surface area contributed by atoms with E-state index < -0.39 is 0 Å². The van der Waals surface area contributed by atoms with E-state index in [9.17, 15) is 4.79 Å². The first-order valence-electron chi connectivity index (χ1n) is 10.7. The summed E-state index contributed by atoms with van der Waals surface area (Å²) in [6.45, 7) is 1.89. The lowest BCUT2D eigenvalue weighted by Gasteiger charge is -2.12. The van der Waals surface area contributed by atoms with E-state index in [1.54, 1.807) is 6.33 Å². The molecule has 2 aromatic heterocycles. The van der Waals surface area contributed by atoms with E-state index in [2.05, 4.69) is 15.5 Å². The number of hydrogen-bond acceptors (Lipinski definition) is 4. The summed E-state index contributed by atoms with van der Waals surface area (Å²) in [5.41, 5.74) is 4.94. The van der Waals surface area contributed by atoms with E-state index in [4.69, 9.17) is 4.52 Å². The molecule has 0 bridgehead atoms. The minimum atomic E-state index is -0.0182. The molecular weight excluding hydrogens is 388 g/mol. The standard InChI is InChI=1S/C25H24N4O2/c1-17-23(24(28-31-17)18-8-3-2-4-9-18)22-15-29(16-26-22)21-13-7-10-19(14-21)25(30)27-20-11-5-6-12-20/h2-4,7-10,13-16,20H,5-6,11-12H2,1H3,(H,27,30). The fraction of sp³-hybridized carbons (Fsp3) is 0.240. The van der Waals surface area contributed by atoms with Crippen LogP contribution in [0.3, 0.4) is 0 Å². The van der Waals surface area contributed by atoms with Gasteiger partial charge in [0.2, 0.25) is 0 Å². The molecule has 1 saturated carbocycles. The first kappa shape index (κ1) is 19.3. The number of imidazole rings is 1. The molecule has 6 nitrogen and oxygen atoms in total. The Hall–Kier alpha value is -3.67. The molecule has 4 aromatic rings. The maximum absolute atomic E-state index is 12.7. The molecule has 6 heteroatoms. The molecule has 1 amide bonds. The predicted octanol–water partition coefficient (Wildman–Crippen LogP) is 5.18. The number of carbonyl (C=O) groups excluding carboxylic acids is 1. The summed E-state index contributed by atoms with van der Waals surface area (Å²) >= 11 is 0. The average molecular weight is 412 g/mol. The van der Waals surface area contributed by atoms with Crippen molar-refractivity contribution in [3.05, 3.63) is 78.4 Å². The van der Waals surface area contributed by atoms with Gasteiger partial charge in [-0.05, 0) is 38.0 Å². The van der Waals surface area contributed by atoms with Gasteiger partial charge in [0, 0.05) is 29.1 Å². The van der Waals surface area contributed by atoms with Gasteiger partial charge in [0.25, 0.3) is 5.91 Å². The average Bonchev–Trinajstić information content (AvgIpc) is 3.55. The van der Waals surface area contributed by atoms with Gasteiger partial charge in [-0.3, -0.25) is 4.79 Å². The van der Waals surface area contributed by atoms with Crippen molar-refractivity contribution >= 4 is 5.91 Å². The number of nitrogens with one attached hydrogen (secondary N) is 1. The van der Waals surface area contributed by atoms with Gasteiger partial charge in [-0.15, -0.1) is 0 Å². The highest BCUT2D eigenvalue weighted by Gasteiger charge is 2.20. The van der Waals surface area contributed by atoms with Crippen molar-refractivity contribution < 1.29 is 9.32 Å². The molecule has 0 spiro atoms. The third-order valence-electron chi connectivity index (χ3n) is 5.85.